The average Bonchev–Trinajstić information content (AvgIpc) is 3.26. The van der Waals surface area contributed by atoms with Crippen LogP contribution in [0.5, 0.6) is 0 Å². The first-order chi connectivity index (χ1) is 11.7. The van der Waals surface area contributed by atoms with Gasteiger partial charge in [0.1, 0.15) is 11.3 Å². The minimum atomic E-state index is -0.177. The Bertz CT molecular complexity index is 785. The summed E-state index contributed by atoms with van der Waals surface area (Å²) in [6, 6.07) is 7.47. The highest BCUT2D eigenvalue weighted by Crippen LogP contribution is 2.20. The molecule has 1 aromatic carbocycles. The first-order valence-electron chi connectivity index (χ1n) is 7.45. The van der Waals surface area contributed by atoms with Crippen LogP contribution in [-0.4, -0.2) is 31.3 Å². The lowest BCUT2D eigenvalue weighted by molar-refractivity contribution is 0.102. The molecule has 1 amide bonds. The van der Waals surface area contributed by atoms with Gasteiger partial charge in [0.25, 0.3) is 5.91 Å². The number of aryl methyl sites for hydroxylation is 1. The molecule has 2 N–H and O–H groups in total. The molecule has 0 radical (unpaired) electrons. The number of rotatable bonds is 7. The molecule has 7 nitrogen and oxygen atoms in total. The van der Waals surface area contributed by atoms with E-state index in [1.165, 1.54) is 17.7 Å². The second-order valence-electron chi connectivity index (χ2n) is 4.98. The van der Waals surface area contributed by atoms with Crippen molar-refractivity contribution in [2.45, 2.75) is 30.7 Å². The molecule has 0 bridgehead atoms. The van der Waals surface area contributed by atoms with Crippen molar-refractivity contribution in [1.82, 2.24) is 25.4 Å². The van der Waals surface area contributed by atoms with Crippen molar-refractivity contribution in [2.75, 3.05) is 5.32 Å². The smallest absolute Gasteiger partial charge is 0.257 e. The molecule has 0 saturated heterocycles. The zero-order valence-electron chi connectivity index (χ0n) is 13.0. The van der Waals surface area contributed by atoms with Crippen LogP contribution in [0.15, 0.2) is 35.7 Å². The van der Waals surface area contributed by atoms with E-state index in [9.17, 15) is 4.79 Å². The molecule has 2 heterocycles. The van der Waals surface area contributed by atoms with Gasteiger partial charge in [-0.1, -0.05) is 42.2 Å². The second-order valence-corrected chi connectivity index (χ2v) is 7.01. The van der Waals surface area contributed by atoms with E-state index in [-0.39, 0.29) is 5.91 Å². The number of aromatic amines is 1. The molecule has 3 rings (SSSR count). The standard InChI is InChI=1S/C15H16N6OS2/c1-2-3-12-19-21-15(24-12)18-13(22)11-6-4-10(5-7-11)8-23-14-16-9-17-20-14/h4-7,9H,2-3,8H2,1H3,(H,16,17,20)(H,18,21,22). The lowest BCUT2D eigenvalue weighted by atomic mass is 10.1. The Labute approximate surface area is 147 Å². The number of nitrogens with zero attached hydrogens (tertiary/aromatic N) is 4. The number of hydrogen-bond donors (Lipinski definition) is 2. The molecule has 2 aromatic heterocycles. The van der Waals surface area contributed by atoms with Gasteiger partial charge in [0.2, 0.25) is 5.13 Å². The Morgan fingerprint density at radius 2 is 2.12 bits per heavy atom. The maximum atomic E-state index is 12.2. The Hall–Kier alpha value is -2.26. The zero-order chi connectivity index (χ0) is 16.8. The largest absolute Gasteiger partial charge is 0.296 e. The van der Waals surface area contributed by atoms with E-state index in [4.69, 9.17) is 0 Å². The number of H-pyrrole nitrogens is 1. The number of carbonyl (C=O) groups excluding carboxylic acids is 1. The molecule has 0 unspecified atom stereocenters. The quantitative estimate of drug-likeness (QED) is 0.628. The molecule has 0 aliphatic rings. The number of benzene rings is 1. The summed E-state index contributed by atoms with van der Waals surface area (Å²) in [5.74, 6) is 0.581. The molecule has 0 atom stereocenters. The summed E-state index contributed by atoms with van der Waals surface area (Å²) in [5, 5.41) is 19.7. The van der Waals surface area contributed by atoms with Crippen molar-refractivity contribution in [3.05, 3.63) is 46.7 Å². The lowest BCUT2D eigenvalue weighted by Gasteiger charge is -2.03. The fourth-order valence-electron chi connectivity index (χ4n) is 1.96. The Kier molecular flexibility index (Phi) is 5.55. The van der Waals surface area contributed by atoms with E-state index in [1.54, 1.807) is 23.9 Å². The van der Waals surface area contributed by atoms with Crippen molar-refractivity contribution >= 4 is 34.1 Å². The maximum Gasteiger partial charge on any atom is 0.257 e. The van der Waals surface area contributed by atoms with Gasteiger partial charge < -0.3 is 0 Å². The number of amides is 1. The van der Waals surface area contributed by atoms with E-state index >= 15 is 0 Å². The number of carbonyl (C=O) groups is 1. The molecule has 124 valence electrons. The van der Waals surface area contributed by atoms with Crippen LogP contribution < -0.4 is 5.32 Å². The minimum Gasteiger partial charge on any atom is -0.296 e. The third kappa shape index (κ3) is 4.39. The van der Waals surface area contributed by atoms with Crippen molar-refractivity contribution < 1.29 is 4.79 Å². The first kappa shape index (κ1) is 16.6. The van der Waals surface area contributed by atoms with E-state index in [0.717, 1.165) is 34.3 Å². The molecule has 3 aromatic rings. The minimum absolute atomic E-state index is 0.177. The molecular formula is C15H16N6OS2. The lowest BCUT2D eigenvalue weighted by Crippen LogP contribution is -2.11. The summed E-state index contributed by atoms with van der Waals surface area (Å²) in [6.45, 7) is 2.09. The van der Waals surface area contributed by atoms with Crippen LogP contribution in [0.4, 0.5) is 5.13 Å². The van der Waals surface area contributed by atoms with Crippen LogP contribution in [0.2, 0.25) is 0 Å². The van der Waals surface area contributed by atoms with Crippen molar-refractivity contribution in [3.8, 4) is 0 Å². The summed E-state index contributed by atoms with van der Waals surface area (Å²) < 4.78 is 0. The fraction of sp³-hybridized carbons (Fsp3) is 0.267. The normalized spacial score (nSPS) is 10.7. The van der Waals surface area contributed by atoms with Crippen LogP contribution in [-0.2, 0) is 12.2 Å². The predicted octanol–water partition coefficient (Wildman–Crippen LogP) is 3.15. The highest BCUT2D eigenvalue weighted by atomic mass is 32.2. The van der Waals surface area contributed by atoms with Gasteiger partial charge in [-0.25, -0.2) is 4.98 Å². The number of hydrogen-bond acceptors (Lipinski definition) is 7. The van der Waals surface area contributed by atoms with Gasteiger partial charge in [0, 0.05) is 17.7 Å². The third-order valence-corrected chi connectivity index (χ3v) is 4.98. The van der Waals surface area contributed by atoms with Crippen molar-refractivity contribution in [1.29, 1.82) is 0 Å². The first-order valence-corrected chi connectivity index (χ1v) is 9.25. The fourth-order valence-corrected chi connectivity index (χ4v) is 3.53. The Morgan fingerprint density at radius 3 is 2.83 bits per heavy atom. The molecule has 0 spiro atoms. The van der Waals surface area contributed by atoms with Crippen LogP contribution in [0.1, 0.15) is 34.3 Å². The summed E-state index contributed by atoms with van der Waals surface area (Å²) in [4.78, 5) is 16.3. The van der Waals surface area contributed by atoms with Gasteiger partial charge in [0.15, 0.2) is 5.16 Å². The van der Waals surface area contributed by atoms with Crippen LogP contribution in [0.25, 0.3) is 0 Å². The summed E-state index contributed by atoms with van der Waals surface area (Å²) >= 11 is 2.97. The highest BCUT2D eigenvalue weighted by molar-refractivity contribution is 7.98. The monoisotopic (exact) mass is 360 g/mol. The van der Waals surface area contributed by atoms with Gasteiger partial charge in [-0.15, -0.1) is 10.2 Å². The summed E-state index contributed by atoms with van der Waals surface area (Å²) in [7, 11) is 0. The van der Waals surface area contributed by atoms with E-state index in [2.05, 4.69) is 37.6 Å². The average molecular weight is 360 g/mol. The van der Waals surface area contributed by atoms with Crippen LogP contribution >= 0.6 is 23.1 Å². The summed E-state index contributed by atoms with van der Waals surface area (Å²) in [6.07, 6.45) is 3.37. The van der Waals surface area contributed by atoms with Gasteiger partial charge in [-0.05, 0) is 24.1 Å². The van der Waals surface area contributed by atoms with Gasteiger partial charge in [-0.2, -0.15) is 5.10 Å². The van der Waals surface area contributed by atoms with E-state index in [1.807, 2.05) is 12.1 Å². The highest BCUT2D eigenvalue weighted by Gasteiger charge is 2.10. The topological polar surface area (TPSA) is 96.5 Å². The number of nitrogens with one attached hydrogen (secondary N) is 2. The second kappa shape index (κ2) is 8.02. The maximum absolute atomic E-state index is 12.2. The predicted molar refractivity (Wildman–Crippen MR) is 94.2 cm³/mol. The van der Waals surface area contributed by atoms with Crippen molar-refractivity contribution in [3.63, 3.8) is 0 Å². The Morgan fingerprint density at radius 1 is 1.29 bits per heavy atom. The number of anilines is 1. The van der Waals surface area contributed by atoms with Gasteiger partial charge in [-0.3, -0.25) is 15.2 Å². The number of aromatic nitrogens is 5. The van der Waals surface area contributed by atoms with E-state index < -0.39 is 0 Å². The Balaban J connectivity index is 1.56. The molecular weight excluding hydrogens is 344 g/mol. The van der Waals surface area contributed by atoms with Gasteiger partial charge in [0.05, 0.1) is 0 Å². The summed E-state index contributed by atoms with van der Waals surface area (Å²) in [5.41, 5.74) is 1.70. The molecule has 0 fully saturated rings. The zero-order valence-corrected chi connectivity index (χ0v) is 14.7. The molecule has 9 heteroatoms. The van der Waals surface area contributed by atoms with Gasteiger partial charge >= 0.3 is 0 Å². The number of thioether (sulfide) groups is 1. The SMILES string of the molecule is CCCc1nnc(NC(=O)c2ccc(CSc3ncn[nH]3)cc2)s1. The molecule has 0 saturated carbocycles. The molecule has 24 heavy (non-hydrogen) atoms. The van der Waals surface area contributed by atoms with Crippen molar-refractivity contribution in [2.24, 2.45) is 0 Å². The van der Waals surface area contributed by atoms with Crippen LogP contribution in [0.3, 0.4) is 0 Å². The van der Waals surface area contributed by atoms with Crippen LogP contribution in [0, 0.1) is 0 Å². The molecule has 0 aliphatic heterocycles. The third-order valence-electron chi connectivity index (χ3n) is 3.14. The van der Waals surface area contributed by atoms with E-state index in [0.29, 0.717) is 10.7 Å². The molecule has 0 aliphatic carbocycles.